The van der Waals surface area contributed by atoms with Crippen LogP contribution in [0.3, 0.4) is 0 Å². The van der Waals surface area contributed by atoms with Gasteiger partial charge in [-0.25, -0.2) is 0 Å². The Morgan fingerprint density at radius 2 is 1.48 bits per heavy atom. The van der Waals surface area contributed by atoms with E-state index in [4.69, 9.17) is 0 Å². The van der Waals surface area contributed by atoms with Crippen LogP contribution in [0.2, 0.25) is 0 Å². The number of nitrogens with zero attached hydrogens (tertiary/aromatic N) is 3. The first kappa shape index (κ1) is 23.1. The van der Waals surface area contributed by atoms with Gasteiger partial charge < -0.3 is 15.1 Å². The van der Waals surface area contributed by atoms with Crippen LogP contribution >= 0.6 is 0 Å². The molecule has 0 aromatic heterocycles. The molecule has 176 valence electrons. The maximum Gasteiger partial charge on any atom is 0.417 e. The number of hydrogen-bond acceptors (Lipinski definition) is 4. The SMILES string of the molecule is O=C(CN1CCN(C(=O)c2ccccc2C(F)(F)F)CC1)Nc1ccc(N2CCCC2)cc1. The first-order valence-corrected chi connectivity index (χ1v) is 11.1. The van der Waals surface area contributed by atoms with Crippen LogP contribution in [0, 0.1) is 0 Å². The minimum Gasteiger partial charge on any atom is -0.372 e. The summed E-state index contributed by atoms with van der Waals surface area (Å²) < 4.78 is 39.7. The number of alkyl halides is 3. The van der Waals surface area contributed by atoms with E-state index in [-0.39, 0.29) is 31.1 Å². The van der Waals surface area contributed by atoms with Crippen molar-refractivity contribution < 1.29 is 22.8 Å². The molecule has 1 N–H and O–H groups in total. The van der Waals surface area contributed by atoms with E-state index in [0.717, 1.165) is 30.5 Å². The van der Waals surface area contributed by atoms with Gasteiger partial charge in [0.05, 0.1) is 17.7 Å². The van der Waals surface area contributed by atoms with Crippen LogP contribution in [0.4, 0.5) is 24.5 Å². The minimum absolute atomic E-state index is 0.161. The lowest BCUT2D eigenvalue weighted by molar-refractivity contribution is -0.138. The molecule has 2 amide bonds. The average Bonchev–Trinajstić information content (AvgIpc) is 3.34. The number of anilines is 2. The molecule has 2 saturated heterocycles. The number of carbonyl (C=O) groups is 2. The summed E-state index contributed by atoms with van der Waals surface area (Å²) >= 11 is 0. The van der Waals surface area contributed by atoms with E-state index < -0.39 is 17.6 Å². The Morgan fingerprint density at radius 3 is 2.12 bits per heavy atom. The lowest BCUT2D eigenvalue weighted by atomic mass is 10.1. The van der Waals surface area contributed by atoms with Gasteiger partial charge in [0.1, 0.15) is 0 Å². The molecule has 0 spiro atoms. The van der Waals surface area contributed by atoms with E-state index in [1.165, 1.54) is 35.9 Å². The fourth-order valence-electron chi connectivity index (χ4n) is 4.33. The largest absolute Gasteiger partial charge is 0.417 e. The highest BCUT2D eigenvalue weighted by Gasteiger charge is 2.36. The van der Waals surface area contributed by atoms with Crippen LogP contribution in [0.25, 0.3) is 0 Å². The van der Waals surface area contributed by atoms with Crippen molar-refractivity contribution >= 4 is 23.2 Å². The van der Waals surface area contributed by atoms with Crippen molar-refractivity contribution in [3.8, 4) is 0 Å². The molecular formula is C24H27F3N4O2. The van der Waals surface area contributed by atoms with Gasteiger partial charge in [0.25, 0.3) is 5.91 Å². The van der Waals surface area contributed by atoms with Crippen LogP contribution in [-0.2, 0) is 11.0 Å². The molecule has 2 aliphatic rings. The molecular weight excluding hydrogens is 433 g/mol. The molecule has 0 radical (unpaired) electrons. The van der Waals surface area contributed by atoms with Crippen molar-refractivity contribution in [3.63, 3.8) is 0 Å². The number of amides is 2. The van der Waals surface area contributed by atoms with E-state index >= 15 is 0 Å². The summed E-state index contributed by atoms with van der Waals surface area (Å²) in [4.78, 5) is 30.8. The van der Waals surface area contributed by atoms with Gasteiger partial charge in [0, 0.05) is 50.6 Å². The Balaban J connectivity index is 1.27. The predicted molar refractivity (Wildman–Crippen MR) is 120 cm³/mol. The van der Waals surface area contributed by atoms with Crippen molar-refractivity contribution in [1.82, 2.24) is 9.80 Å². The predicted octanol–water partition coefficient (Wildman–Crippen LogP) is 3.70. The molecule has 4 rings (SSSR count). The van der Waals surface area contributed by atoms with Crippen LogP contribution in [0.5, 0.6) is 0 Å². The highest BCUT2D eigenvalue weighted by molar-refractivity contribution is 5.96. The third-order valence-corrected chi connectivity index (χ3v) is 6.11. The van der Waals surface area contributed by atoms with E-state index in [9.17, 15) is 22.8 Å². The first-order valence-electron chi connectivity index (χ1n) is 11.1. The summed E-state index contributed by atoms with van der Waals surface area (Å²) in [6.07, 6.45) is -2.18. The molecule has 0 saturated carbocycles. The molecule has 0 aliphatic carbocycles. The Morgan fingerprint density at radius 1 is 0.848 bits per heavy atom. The van der Waals surface area contributed by atoms with E-state index in [0.29, 0.717) is 13.1 Å². The van der Waals surface area contributed by atoms with Gasteiger partial charge in [0.2, 0.25) is 5.91 Å². The average molecular weight is 461 g/mol. The van der Waals surface area contributed by atoms with Crippen molar-refractivity contribution in [3.05, 3.63) is 59.7 Å². The molecule has 2 aromatic rings. The number of hydrogen-bond donors (Lipinski definition) is 1. The molecule has 2 heterocycles. The van der Waals surface area contributed by atoms with Crippen LogP contribution in [-0.4, -0.2) is 67.4 Å². The van der Waals surface area contributed by atoms with E-state index in [1.54, 1.807) is 0 Å². The Hall–Kier alpha value is -3.07. The van der Waals surface area contributed by atoms with Crippen molar-refractivity contribution in [2.24, 2.45) is 0 Å². The molecule has 6 nitrogen and oxygen atoms in total. The second kappa shape index (κ2) is 9.82. The van der Waals surface area contributed by atoms with Crippen LogP contribution < -0.4 is 10.2 Å². The highest BCUT2D eigenvalue weighted by Crippen LogP contribution is 2.32. The molecule has 33 heavy (non-hydrogen) atoms. The zero-order chi connectivity index (χ0) is 23.4. The van der Waals surface area contributed by atoms with Gasteiger partial charge in [-0.15, -0.1) is 0 Å². The van der Waals surface area contributed by atoms with Crippen molar-refractivity contribution in [2.45, 2.75) is 19.0 Å². The summed E-state index contributed by atoms with van der Waals surface area (Å²) in [5.74, 6) is -0.795. The molecule has 2 aromatic carbocycles. The molecule has 0 atom stereocenters. The third-order valence-electron chi connectivity index (χ3n) is 6.11. The zero-order valence-electron chi connectivity index (χ0n) is 18.3. The molecule has 0 unspecified atom stereocenters. The maximum atomic E-state index is 13.2. The number of nitrogens with one attached hydrogen (secondary N) is 1. The minimum atomic E-state index is -4.58. The first-order chi connectivity index (χ1) is 15.8. The fraction of sp³-hybridized carbons (Fsp3) is 0.417. The van der Waals surface area contributed by atoms with Crippen molar-refractivity contribution in [1.29, 1.82) is 0 Å². The topological polar surface area (TPSA) is 55.9 Å². The van der Waals surface area contributed by atoms with Gasteiger partial charge in [-0.1, -0.05) is 12.1 Å². The Kier molecular flexibility index (Phi) is 6.88. The van der Waals surface area contributed by atoms with Gasteiger partial charge >= 0.3 is 6.18 Å². The van der Waals surface area contributed by atoms with Gasteiger partial charge in [-0.2, -0.15) is 13.2 Å². The Bertz CT molecular complexity index is 980. The maximum absolute atomic E-state index is 13.2. The number of halogens is 3. The molecule has 2 fully saturated rings. The van der Waals surface area contributed by atoms with Gasteiger partial charge in [0.15, 0.2) is 0 Å². The summed E-state index contributed by atoms with van der Waals surface area (Å²) in [7, 11) is 0. The smallest absolute Gasteiger partial charge is 0.372 e. The summed E-state index contributed by atoms with van der Waals surface area (Å²) in [6, 6.07) is 12.6. The molecule has 0 bridgehead atoms. The van der Waals surface area contributed by atoms with Crippen molar-refractivity contribution in [2.75, 3.05) is 56.0 Å². The quantitative estimate of drug-likeness (QED) is 0.740. The number of rotatable bonds is 5. The summed E-state index contributed by atoms with van der Waals surface area (Å²) in [6.45, 7) is 3.65. The third kappa shape index (κ3) is 5.65. The molecule has 9 heteroatoms. The van der Waals surface area contributed by atoms with Crippen LogP contribution in [0.1, 0.15) is 28.8 Å². The number of piperazine rings is 1. The second-order valence-corrected chi connectivity index (χ2v) is 8.40. The Labute approximate surface area is 191 Å². The fourth-order valence-corrected chi connectivity index (χ4v) is 4.33. The number of benzene rings is 2. The molecule has 2 aliphatic heterocycles. The van der Waals surface area contributed by atoms with Gasteiger partial charge in [-0.05, 0) is 49.2 Å². The number of carbonyl (C=O) groups excluding carboxylic acids is 2. The van der Waals surface area contributed by atoms with Gasteiger partial charge in [-0.3, -0.25) is 14.5 Å². The zero-order valence-corrected chi connectivity index (χ0v) is 18.3. The van der Waals surface area contributed by atoms with E-state index in [2.05, 4.69) is 10.2 Å². The van der Waals surface area contributed by atoms with E-state index in [1.807, 2.05) is 29.2 Å². The lowest BCUT2D eigenvalue weighted by Crippen LogP contribution is -2.50. The normalized spacial score (nSPS) is 17.3. The van der Waals surface area contributed by atoms with Crippen LogP contribution in [0.15, 0.2) is 48.5 Å². The summed E-state index contributed by atoms with van der Waals surface area (Å²) in [5.41, 5.74) is 0.611. The highest BCUT2D eigenvalue weighted by atomic mass is 19.4. The standard InChI is InChI=1S/C24H27F3N4O2/c25-24(26,27)21-6-2-1-5-20(21)23(33)31-15-13-29(14-16-31)17-22(32)28-18-7-9-19(10-8-18)30-11-3-4-12-30/h1-2,5-10H,3-4,11-17H2,(H,28,32). The second-order valence-electron chi connectivity index (χ2n) is 8.40. The monoisotopic (exact) mass is 460 g/mol. The lowest BCUT2D eigenvalue weighted by Gasteiger charge is -2.34. The summed E-state index contributed by atoms with van der Waals surface area (Å²) in [5, 5.41) is 2.89.